The second-order valence-electron chi connectivity index (χ2n) is 3.60. The van der Waals surface area contributed by atoms with Crippen LogP contribution in [-0.2, 0) is 0 Å². The van der Waals surface area contributed by atoms with E-state index in [0.29, 0.717) is 5.92 Å². The topological polar surface area (TPSA) is 23.5 Å². The van der Waals surface area contributed by atoms with Gasteiger partial charge in [0.05, 0.1) is 0 Å². The Morgan fingerprint density at radius 3 is 3.09 bits per heavy atom. The summed E-state index contributed by atoms with van der Waals surface area (Å²) in [6, 6.07) is 0. The molecule has 2 nitrogen and oxygen atoms in total. The molecule has 0 saturated carbocycles. The van der Waals surface area contributed by atoms with Crippen molar-refractivity contribution in [2.24, 2.45) is 5.92 Å². The van der Waals surface area contributed by atoms with Gasteiger partial charge in [0.15, 0.2) is 0 Å². The normalized spacial score (nSPS) is 48.7. The van der Waals surface area contributed by atoms with Crippen molar-refractivity contribution in [1.29, 1.82) is 0 Å². The van der Waals surface area contributed by atoms with E-state index in [4.69, 9.17) is 6.42 Å². The number of piperidine rings is 1. The molecule has 0 aliphatic carbocycles. The van der Waals surface area contributed by atoms with Gasteiger partial charge in [-0.05, 0) is 13.0 Å². The SMILES string of the molecule is C#CC1(O)CCN2CCC1C2. The van der Waals surface area contributed by atoms with Gasteiger partial charge in [0.1, 0.15) is 5.60 Å². The Labute approximate surface area is 67.2 Å². The van der Waals surface area contributed by atoms with Crippen LogP contribution in [0, 0.1) is 18.3 Å². The lowest BCUT2D eigenvalue weighted by molar-refractivity contribution is 0.00693. The summed E-state index contributed by atoms with van der Waals surface area (Å²) in [6.07, 6.45) is 7.13. The summed E-state index contributed by atoms with van der Waals surface area (Å²) in [7, 11) is 0. The molecule has 0 aromatic carbocycles. The van der Waals surface area contributed by atoms with Crippen molar-refractivity contribution in [3.05, 3.63) is 0 Å². The van der Waals surface area contributed by atoms with E-state index in [1.165, 1.54) is 0 Å². The van der Waals surface area contributed by atoms with Gasteiger partial charge in [0.2, 0.25) is 0 Å². The van der Waals surface area contributed by atoms with Crippen LogP contribution in [0.3, 0.4) is 0 Å². The third-order valence-corrected chi connectivity index (χ3v) is 3.01. The minimum absolute atomic E-state index is 0.334. The van der Waals surface area contributed by atoms with Gasteiger partial charge in [-0.25, -0.2) is 0 Å². The molecule has 2 aliphatic heterocycles. The second kappa shape index (κ2) is 2.23. The highest BCUT2D eigenvalue weighted by Crippen LogP contribution is 2.34. The molecule has 2 rings (SSSR count). The Bertz CT molecular complexity index is 208. The van der Waals surface area contributed by atoms with Crippen LogP contribution >= 0.6 is 0 Å². The summed E-state index contributed by atoms with van der Waals surface area (Å²) in [5, 5.41) is 9.90. The molecule has 2 aliphatic rings. The van der Waals surface area contributed by atoms with Gasteiger partial charge in [-0.3, -0.25) is 0 Å². The number of hydrogen-bond donors (Lipinski definition) is 1. The van der Waals surface area contributed by atoms with E-state index in [2.05, 4.69) is 10.8 Å². The summed E-state index contributed by atoms with van der Waals surface area (Å²) in [5.41, 5.74) is -0.785. The predicted molar refractivity (Wildman–Crippen MR) is 42.9 cm³/mol. The van der Waals surface area contributed by atoms with Gasteiger partial charge >= 0.3 is 0 Å². The van der Waals surface area contributed by atoms with Gasteiger partial charge in [0.25, 0.3) is 0 Å². The maximum absolute atomic E-state index is 9.90. The standard InChI is InChI=1S/C9H13NO/c1-2-9(11)4-6-10-5-3-8(9)7-10/h1,8,11H,3-7H2. The minimum Gasteiger partial charge on any atom is -0.377 e. The smallest absolute Gasteiger partial charge is 0.130 e. The second-order valence-corrected chi connectivity index (χ2v) is 3.60. The van der Waals surface area contributed by atoms with Crippen molar-refractivity contribution in [3.8, 4) is 12.3 Å². The molecule has 2 fully saturated rings. The van der Waals surface area contributed by atoms with Crippen LogP contribution in [0.5, 0.6) is 0 Å². The van der Waals surface area contributed by atoms with Crippen molar-refractivity contribution in [2.75, 3.05) is 19.6 Å². The van der Waals surface area contributed by atoms with Gasteiger partial charge in [-0.15, -0.1) is 6.42 Å². The molecular formula is C9H13NO. The summed E-state index contributed by atoms with van der Waals surface area (Å²) >= 11 is 0. The molecule has 2 saturated heterocycles. The van der Waals surface area contributed by atoms with Crippen LogP contribution in [0.2, 0.25) is 0 Å². The average Bonchev–Trinajstić information content (AvgIpc) is 2.44. The first kappa shape index (κ1) is 7.15. The number of terminal acetylenes is 1. The monoisotopic (exact) mass is 151 g/mol. The van der Waals surface area contributed by atoms with E-state index in [-0.39, 0.29) is 0 Å². The van der Waals surface area contributed by atoms with Gasteiger partial charge in [-0.2, -0.15) is 0 Å². The fourth-order valence-electron chi connectivity index (χ4n) is 2.15. The molecule has 0 aromatic rings. The summed E-state index contributed by atoms with van der Waals surface area (Å²) in [5.74, 6) is 2.87. The van der Waals surface area contributed by atoms with Crippen LogP contribution in [0.15, 0.2) is 0 Å². The highest BCUT2D eigenvalue weighted by Gasteiger charge is 2.43. The van der Waals surface area contributed by atoms with Crippen LogP contribution < -0.4 is 0 Å². The number of rotatable bonds is 0. The number of fused-ring (bicyclic) bond motifs is 2. The fourth-order valence-corrected chi connectivity index (χ4v) is 2.15. The largest absolute Gasteiger partial charge is 0.377 e. The maximum atomic E-state index is 9.90. The van der Waals surface area contributed by atoms with Gasteiger partial charge in [-0.1, -0.05) is 5.92 Å². The lowest BCUT2D eigenvalue weighted by atomic mass is 9.83. The maximum Gasteiger partial charge on any atom is 0.130 e. The van der Waals surface area contributed by atoms with Crippen molar-refractivity contribution >= 4 is 0 Å². The third kappa shape index (κ3) is 0.962. The van der Waals surface area contributed by atoms with Gasteiger partial charge in [0, 0.05) is 25.4 Å². The number of aliphatic hydroxyl groups is 1. The fraction of sp³-hybridized carbons (Fsp3) is 0.778. The van der Waals surface area contributed by atoms with Crippen LogP contribution in [0.4, 0.5) is 0 Å². The van der Waals surface area contributed by atoms with E-state index in [1.54, 1.807) is 0 Å². The molecule has 0 radical (unpaired) electrons. The molecule has 3 atom stereocenters. The molecule has 3 unspecified atom stereocenters. The van der Waals surface area contributed by atoms with E-state index < -0.39 is 5.60 Å². The zero-order valence-electron chi connectivity index (χ0n) is 6.58. The first-order valence-electron chi connectivity index (χ1n) is 4.17. The quantitative estimate of drug-likeness (QED) is 0.495. The van der Waals surface area contributed by atoms with Crippen LogP contribution in [0.25, 0.3) is 0 Å². The zero-order valence-corrected chi connectivity index (χ0v) is 6.58. The zero-order chi connectivity index (χ0) is 7.90. The average molecular weight is 151 g/mol. The number of hydrogen-bond acceptors (Lipinski definition) is 2. The van der Waals surface area contributed by atoms with Crippen LogP contribution in [-0.4, -0.2) is 35.2 Å². The molecule has 0 aromatic heterocycles. The Balaban J connectivity index is 2.20. The number of nitrogens with zero attached hydrogens (tertiary/aromatic N) is 1. The predicted octanol–water partition coefficient (Wildman–Crippen LogP) is 0.0763. The minimum atomic E-state index is -0.785. The molecule has 0 spiro atoms. The van der Waals surface area contributed by atoms with Crippen LogP contribution in [0.1, 0.15) is 12.8 Å². The molecular weight excluding hydrogens is 138 g/mol. The summed E-state index contributed by atoms with van der Waals surface area (Å²) in [4.78, 5) is 2.37. The highest BCUT2D eigenvalue weighted by atomic mass is 16.3. The first-order valence-corrected chi connectivity index (χ1v) is 4.17. The van der Waals surface area contributed by atoms with Crippen molar-refractivity contribution in [2.45, 2.75) is 18.4 Å². The molecule has 2 bridgehead atoms. The Morgan fingerprint density at radius 2 is 2.36 bits per heavy atom. The lowest BCUT2D eigenvalue weighted by Gasteiger charge is -2.34. The van der Waals surface area contributed by atoms with Crippen molar-refractivity contribution in [3.63, 3.8) is 0 Å². The highest BCUT2D eigenvalue weighted by molar-refractivity contribution is 5.14. The molecule has 11 heavy (non-hydrogen) atoms. The van der Waals surface area contributed by atoms with Gasteiger partial charge < -0.3 is 10.0 Å². The summed E-state index contributed by atoms with van der Waals surface area (Å²) in [6.45, 7) is 3.09. The third-order valence-electron chi connectivity index (χ3n) is 3.01. The first-order chi connectivity index (χ1) is 5.24. The molecule has 60 valence electrons. The molecule has 2 heterocycles. The molecule has 2 heteroatoms. The summed E-state index contributed by atoms with van der Waals surface area (Å²) < 4.78 is 0. The lowest BCUT2D eigenvalue weighted by Crippen LogP contribution is -2.45. The Morgan fingerprint density at radius 1 is 1.55 bits per heavy atom. The van der Waals surface area contributed by atoms with Crippen molar-refractivity contribution < 1.29 is 5.11 Å². The van der Waals surface area contributed by atoms with Crippen molar-refractivity contribution in [1.82, 2.24) is 4.90 Å². The van der Waals surface area contributed by atoms with E-state index in [0.717, 1.165) is 32.5 Å². The molecule has 1 N–H and O–H groups in total. The Kier molecular flexibility index (Phi) is 1.45. The molecule has 0 amide bonds. The Hall–Kier alpha value is -0.520. The van der Waals surface area contributed by atoms with E-state index in [9.17, 15) is 5.11 Å². The van der Waals surface area contributed by atoms with E-state index >= 15 is 0 Å². The van der Waals surface area contributed by atoms with E-state index in [1.807, 2.05) is 0 Å².